The Kier molecular flexibility index (Phi) is 5.43. The van der Waals surface area contributed by atoms with Crippen LogP contribution in [0.3, 0.4) is 0 Å². The van der Waals surface area contributed by atoms with Gasteiger partial charge in [0.25, 0.3) is 0 Å². The average molecular weight is 360 g/mol. The van der Waals surface area contributed by atoms with Gasteiger partial charge in [-0.3, -0.25) is 0 Å². The molecule has 0 aliphatic rings. The molecule has 3 aromatic rings. The molecule has 0 amide bonds. The second kappa shape index (κ2) is 7.73. The highest BCUT2D eigenvalue weighted by Crippen LogP contribution is 2.27. The Morgan fingerprint density at radius 1 is 1.04 bits per heavy atom. The molecule has 0 saturated heterocycles. The van der Waals surface area contributed by atoms with Gasteiger partial charge < -0.3 is 9.30 Å². The summed E-state index contributed by atoms with van der Waals surface area (Å²) in [6, 6.07) is 15.8. The molecule has 0 unspecified atom stereocenters. The van der Waals surface area contributed by atoms with E-state index in [2.05, 4.69) is 21.7 Å². The molecule has 0 fully saturated rings. The monoisotopic (exact) mass is 359 g/mol. The van der Waals surface area contributed by atoms with Gasteiger partial charge in [-0.2, -0.15) is 0 Å². The minimum atomic E-state index is 0.752. The third-order valence-corrected chi connectivity index (χ3v) is 4.95. The van der Waals surface area contributed by atoms with Gasteiger partial charge in [-0.05, 0) is 48.9 Å². The molecule has 0 N–H and O–H groups in total. The lowest BCUT2D eigenvalue weighted by molar-refractivity contribution is 0.415. The molecule has 3 rings (SSSR count). The zero-order valence-electron chi connectivity index (χ0n) is 13.6. The number of hydrogen-bond donors (Lipinski definition) is 0. The van der Waals surface area contributed by atoms with E-state index in [1.165, 1.54) is 5.56 Å². The van der Waals surface area contributed by atoms with Crippen LogP contribution in [0.4, 0.5) is 0 Å². The molecule has 2 aromatic carbocycles. The lowest BCUT2D eigenvalue weighted by Gasteiger charge is -2.08. The van der Waals surface area contributed by atoms with E-state index in [1.54, 1.807) is 18.9 Å². The zero-order valence-corrected chi connectivity index (χ0v) is 15.1. The second-order valence-electron chi connectivity index (χ2n) is 5.19. The molecule has 0 saturated carbocycles. The first-order valence-corrected chi connectivity index (χ1v) is 9.02. The van der Waals surface area contributed by atoms with Crippen LogP contribution in [-0.4, -0.2) is 21.9 Å². The van der Waals surface area contributed by atoms with Crippen LogP contribution in [0, 0.1) is 0 Å². The first-order valence-electron chi connectivity index (χ1n) is 7.66. The Hall–Kier alpha value is -1.98. The van der Waals surface area contributed by atoms with Crippen LogP contribution in [0.25, 0.3) is 11.4 Å². The summed E-state index contributed by atoms with van der Waals surface area (Å²) in [6.07, 6.45) is 0. The van der Waals surface area contributed by atoms with Gasteiger partial charge in [0.1, 0.15) is 5.75 Å². The maximum Gasteiger partial charge on any atom is 0.191 e. The van der Waals surface area contributed by atoms with Crippen molar-refractivity contribution in [3.8, 4) is 17.1 Å². The minimum Gasteiger partial charge on any atom is -0.497 e. The predicted molar refractivity (Wildman–Crippen MR) is 98.7 cm³/mol. The predicted octanol–water partition coefficient (Wildman–Crippen LogP) is 4.92. The Bertz CT molecular complexity index is 800. The number of rotatable bonds is 6. The summed E-state index contributed by atoms with van der Waals surface area (Å²) in [4.78, 5) is 0. The number of ether oxygens (including phenoxy) is 1. The van der Waals surface area contributed by atoms with Crippen molar-refractivity contribution in [2.75, 3.05) is 7.11 Å². The molecule has 0 radical (unpaired) electrons. The van der Waals surface area contributed by atoms with E-state index in [4.69, 9.17) is 16.3 Å². The van der Waals surface area contributed by atoms with E-state index >= 15 is 0 Å². The first kappa shape index (κ1) is 16.9. The van der Waals surface area contributed by atoms with Crippen LogP contribution in [0.2, 0.25) is 5.02 Å². The minimum absolute atomic E-state index is 0.752. The number of hydrogen-bond acceptors (Lipinski definition) is 4. The van der Waals surface area contributed by atoms with Gasteiger partial charge >= 0.3 is 0 Å². The molecule has 0 atom stereocenters. The average Bonchev–Trinajstić information content (AvgIpc) is 3.04. The van der Waals surface area contributed by atoms with Gasteiger partial charge in [-0.25, -0.2) is 0 Å². The van der Waals surface area contributed by atoms with Crippen LogP contribution in [0.15, 0.2) is 53.7 Å². The van der Waals surface area contributed by atoms with Gasteiger partial charge in [-0.1, -0.05) is 35.5 Å². The van der Waals surface area contributed by atoms with Crippen molar-refractivity contribution in [1.82, 2.24) is 14.8 Å². The van der Waals surface area contributed by atoms with Crippen LogP contribution >= 0.6 is 23.4 Å². The zero-order chi connectivity index (χ0) is 16.9. The van der Waals surface area contributed by atoms with Gasteiger partial charge in [0, 0.05) is 22.9 Å². The molecule has 4 nitrogen and oxygen atoms in total. The molecule has 124 valence electrons. The third-order valence-electron chi connectivity index (χ3n) is 3.66. The van der Waals surface area contributed by atoms with Gasteiger partial charge in [0.05, 0.1) is 7.11 Å². The molecule has 0 aliphatic carbocycles. The van der Waals surface area contributed by atoms with Crippen molar-refractivity contribution in [3.63, 3.8) is 0 Å². The van der Waals surface area contributed by atoms with Crippen LogP contribution < -0.4 is 4.74 Å². The fourth-order valence-electron chi connectivity index (χ4n) is 2.36. The fraction of sp³-hybridized carbons (Fsp3) is 0.222. The summed E-state index contributed by atoms with van der Waals surface area (Å²) < 4.78 is 7.33. The normalized spacial score (nSPS) is 10.8. The SMILES string of the molecule is CCn1c(SCc2ccc(Cl)cc2)nnc1-c1ccc(OC)cc1. The lowest BCUT2D eigenvalue weighted by Crippen LogP contribution is -2.00. The van der Waals surface area contributed by atoms with Gasteiger partial charge in [0.2, 0.25) is 0 Å². The number of halogens is 1. The highest BCUT2D eigenvalue weighted by molar-refractivity contribution is 7.98. The lowest BCUT2D eigenvalue weighted by atomic mass is 10.2. The Balaban J connectivity index is 1.79. The molecule has 0 bridgehead atoms. The number of benzene rings is 2. The van der Waals surface area contributed by atoms with Crippen molar-refractivity contribution in [2.45, 2.75) is 24.4 Å². The maximum atomic E-state index is 5.93. The van der Waals surface area contributed by atoms with Crippen LogP contribution in [0.5, 0.6) is 5.75 Å². The molecular formula is C18H18ClN3OS. The van der Waals surface area contributed by atoms with Crippen LogP contribution in [-0.2, 0) is 12.3 Å². The standard InChI is InChI=1S/C18H18ClN3OS/c1-3-22-17(14-6-10-16(23-2)11-7-14)20-21-18(22)24-12-13-4-8-15(19)9-5-13/h4-11H,3,12H2,1-2H3. The summed E-state index contributed by atoms with van der Waals surface area (Å²) in [5, 5.41) is 10.4. The Morgan fingerprint density at radius 2 is 1.75 bits per heavy atom. The van der Waals surface area contributed by atoms with Crippen molar-refractivity contribution in [3.05, 3.63) is 59.1 Å². The van der Waals surface area contributed by atoms with E-state index in [0.29, 0.717) is 0 Å². The number of methoxy groups -OCH3 is 1. The summed E-state index contributed by atoms with van der Waals surface area (Å²) in [6.45, 7) is 2.92. The molecule has 24 heavy (non-hydrogen) atoms. The van der Waals surface area contributed by atoms with E-state index in [0.717, 1.165) is 39.6 Å². The van der Waals surface area contributed by atoms with E-state index in [9.17, 15) is 0 Å². The molecule has 1 heterocycles. The van der Waals surface area contributed by atoms with Gasteiger partial charge in [-0.15, -0.1) is 10.2 Å². The summed E-state index contributed by atoms with van der Waals surface area (Å²) in [5.74, 6) is 2.54. The van der Waals surface area contributed by atoms with Crippen molar-refractivity contribution < 1.29 is 4.74 Å². The quantitative estimate of drug-likeness (QED) is 0.586. The van der Waals surface area contributed by atoms with Gasteiger partial charge in [0.15, 0.2) is 11.0 Å². The second-order valence-corrected chi connectivity index (χ2v) is 6.57. The highest BCUT2D eigenvalue weighted by Gasteiger charge is 2.13. The van der Waals surface area contributed by atoms with E-state index in [-0.39, 0.29) is 0 Å². The summed E-state index contributed by atoms with van der Waals surface area (Å²) in [7, 11) is 1.66. The van der Waals surface area contributed by atoms with E-state index in [1.807, 2.05) is 48.5 Å². The topological polar surface area (TPSA) is 39.9 Å². The molecular weight excluding hydrogens is 342 g/mol. The smallest absolute Gasteiger partial charge is 0.191 e. The third kappa shape index (κ3) is 3.74. The van der Waals surface area contributed by atoms with Crippen molar-refractivity contribution >= 4 is 23.4 Å². The van der Waals surface area contributed by atoms with Crippen molar-refractivity contribution in [1.29, 1.82) is 0 Å². The fourth-order valence-corrected chi connectivity index (χ4v) is 3.45. The Morgan fingerprint density at radius 3 is 2.38 bits per heavy atom. The van der Waals surface area contributed by atoms with Crippen molar-refractivity contribution in [2.24, 2.45) is 0 Å². The molecule has 0 aliphatic heterocycles. The van der Waals surface area contributed by atoms with E-state index < -0.39 is 0 Å². The molecule has 0 spiro atoms. The molecule has 1 aromatic heterocycles. The number of thioether (sulfide) groups is 1. The Labute approximate surface area is 150 Å². The number of nitrogens with zero attached hydrogens (tertiary/aromatic N) is 3. The summed E-state index contributed by atoms with van der Waals surface area (Å²) >= 11 is 7.60. The first-order chi connectivity index (χ1) is 11.7. The largest absolute Gasteiger partial charge is 0.497 e. The number of aromatic nitrogens is 3. The maximum absolute atomic E-state index is 5.93. The van der Waals surface area contributed by atoms with Crippen LogP contribution in [0.1, 0.15) is 12.5 Å². The summed E-state index contributed by atoms with van der Waals surface area (Å²) in [5.41, 5.74) is 2.24. The molecule has 6 heteroatoms. The highest BCUT2D eigenvalue weighted by atomic mass is 35.5.